The molecule has 1 unspecified atom stereocenters. The Hall–Kier alpha value is -1.63. The van der Waals surface area contributed by atoms with Crippen LogP contribution in [0.3, 0.4) is 0 Å². The van der Waals surface area contributed by atoms with Crippen molar-refractivity contribution in [3.8, 4) is 0 Å². The summed E-state index contributed by atoms with van der Waals surface area (Å²) in [5.41, 5.74) is 4.03. The predicted molar refractivity (Wildman–Crippen MR) is 61.4 cm³/mol. The van der Waals surface area contributed by atoms with Crippen LogP contribution in [0.1, 0.15) is 20.8 Å². The van der Waals surface area contributed by atoms with E-state index >= 15 is 0 Å². The quantitative estimate of drug-likeness (QED) is 0.539. The molecule has 0 amide bonds. The first kappa shape index (κ1) is 12.4. The summed E-state index contributed by atoms with van der Waals surface area (Å²) in [5, 5.41) is 8.76. The summed E-state index contributed by atoms with van der Waals surface area (Å²) in [6, 6.07) is 0. The average molecular weight is 227 g/mol. The fourth-order valence-corrected chi connectivity index (χ4v) is 1.13. The molecule has 1 rings (SSSR count). The Balaban J connectivity index is 3.04. The van der Waals surface area contributed by atoms with Crippen LogP contribution >= 0.6 is 0 Å². The van der Waals surface area contributed by atoms with E-state index in [1.165, 1.54) is 0 Å². The summed E-state index contributed by atoms with van der Waals surface area (Å²) < 4.78 is 0. The van der Waals surface area contributed by atoms with Gasteiger partial charge in [-0.2, -0.15) is 0 Å². The summed E-state index contributed by atoms with van der Waals surface area (Å²) >= 11 is 0. The van der Waals surface area contributed by atoms with Crippen LogP contribution in [0.2, 0.25) is 0 Å². The Labute approximate surface area is 92.5 Å². The summed E-state index contributed by atoms with van der Waals surface area (Å²) in [4.78, 5) is 24.3. The van der Waals surface area contributed by atoms with Crippen molar-refractivity contribution < 1.29 is 0 Å². The second-order valence-corrected chi connectivity index (χ2v) is 4.26. The van der Waals surface area contributed by atoms with Gasteiger partial charge in [-0.25, -0.2) is 9.89 Å². The van der Waals surface area contributed by atoms with Crippen molar-refractivity contribution in [3.05, 3.63) is 20.8 Å². The maximum absolute atomic E-state index is 11.4. The topological polar surface area (TPSA) is 117 Å². The first-order chi connectivity index (χ1) is 7.39. The highest BCUT2D eigenvalue weighted by Crippen LogP contribution is 2.18. The van der Waals surface area contributed by atoms with Crippen molar-refractivity contribution in [2.75, 3.05) is 11.9 Å². The molecule has 0 bridgehead atoms. The molecule has 0 aromatic carbocycles. The lowest BCUT2D eigenvalue weighted by atomic mass is 9.88. The van der Waals surface area contributed by atoms with E-state index in [0.29, 0.717) is 6.54 Å². The normalized spacial score (nSPS) is 14.8. The van der Waals surface area contributed by atoms with Crippen molar-refractivity contribution in [2.24, 2.45) is 11.7 Å². The van der Waals surface area contributed by atoms with Gasteiger partial charge in [0.05, 0.1) is 5.54 Å². The van der Waals surface area contributed by atoms with E-state index in [4.69, 9.17) is 5.73 Å². The number of nitrogens with zero attached hydrogens (tertiary/aromatic N) is 1. The van der Waals surface area contributed by atoms with E-state index in [0.717, 1.165) is 0 Å². The Morgan fingerprint density at radius 3 is 2.56 bits per heavy atom. The maximum atomic E-state index is 11.4. The highest BCUT2D eigenvalue weighted by atomic mass is 16.2. The zero-order chi connectivity index (χ0) is 12.3. The zero-order valence-corrected chi connectivity index (χ0v) is 9.63. The van der Waals surface area contributed by atoms with Crippen LogP contribution in [-0.4, -0.2) is 27.3 Å². The highest BCUT2D eigenvalue weighted by Gasteiger charge is 2.27. The maximum Gasteiger partial charge on any atom is 0.342 e. The summed E-state index contributed by atoms with van der Waals surface area (Å²) in [6.07, 6.45) is 0. The molecular formula is C9H17N5O2. The molecule has 0 radical (unpaired) electrons. The van der Waals surface area contributed by atoms with Gasteiger partial charge in [-0.15, -0.1) is 5.10 Å². The number of aromatic amines is 2. The minimum atomic E-state index is -0.630. The molecule has 0 fully saturated rings. The molecule has 0 saturated carbocycles. The molecule has 1 aromatic heterocycles. The second kappa shape index (κ2) is 4.48. The molecule has 7 heteroatoms. The van der Waals surface area contributed by atoms with Gasteiger partial charge in [0.25, 0.3) is 5.56 Å². The van der Waals surface area contributed by atoms with Gasteiger partial charge < -0.3 is 11.1 Å². The summed E-state index contributed by atoms with van der Waals surface area (Å²) in [6.45, 7) is 6.22. The number of aromatic nitrogens is 3. The van der Waals surface area contributed by atoms with Gasteiger partial charge in [-0.3, -0.25) is 9.78 Å². The van der Waals surface area contributed by atoms with Gasteiger partial charge in [0.1, 0.15) is 0 Å². The fraction of sp³-hybridized carbons (Fsp3) is 0.667. The van der Waals surface area contributed by atoms with Crippen LogP contribution in [-0.2, 0) is 0 Å². The minimum Gasteiger partial charge on any atom is -0.357 e. The molecule has 1 aromatic rings. The average Bonchev–Trinajstić information content (AvgIpc) is 2.22. The van der Waals surface area contributed by atoms with Gasteiger partial charge in [0, 0.05) is 6.54 Å². The second-order valence-electron chi connectivity index (χ2n) is 4.26. The van der Waals surface area contributed by atoms with Crippen LogP contribution in [0, 0.1) is 5.92 Å². The molecule has 1 heterocycles. The standard InChI is InChI=1S/C9H17N5O2/c1-5(2)9(3,4-10)12-6-7(15)11-8(16)14-13-6/h5H,4,10H2,1-3H3,(H,12,13)(H2,11,14,15,16). The molecule has 5 N–H and O–H groups in total. The molecule has 90 valence electrons. The number of H-pyrrole nitrogens is 2. The molecular weight excluding hydrogens is 210 g/mol. The SMILES string of the molecule is CC(C)C(C)(CN)Nc1n[nH]c(=O)[nH]c1=O. The van der Waals surface area contributed by atoms with Gasteiger partial charge >= 0.3 is 5.69 Å². The van der Waals surface area contributed by atoms with Gasteiger partial charge in [0.15, 0.2) is 0 Å². The Morgan fingerprint density at radius 1 is 1.50 bits per heavy atom. The van der Waals surface area contributed by atoms with E-state index in [1.54, 1.807) is 0 Å². The number of hydrogen-bond donors (Lipinski definition) is 4. The van der Waals surface area contributed by atoms with Crippen LogP contribution in [0.15, 0.2) is 9.59 Å². The lowest BCUT2D eigenvalue weighted by Gasteiger charge is -2.33. The van der Waals surface area contributed by atoms with Gasteiger partial charge in [-0.1, -0.05) is 13.8 Å². The predicted octanol–water partition coefficient (Wildman–Crippen LogP) is -0.756. The molecule has 0 aliphatic carbocycles. The number of hydrogen-bond acceptors (Lipinski definition) is 5. The third-order valence-electron chi connectivity index (χ3n) is 2.81. The molecule has 16 heavy (non-hydrogen) atoms. The number of nitrogens with one attached hydrogen (secondary N) is 3. The van der Waals surface area contributed by atoms with Crippen molar-refractivity contribution in [2.45, 2.75) is 26.3 Å². The Bertz CT molecular complexity index is 463. The van der Waals surface area contributed by atoms with Crippen molar-refractivity contribution in [1.82, 2.24) is 15.2 Å². The van der Waals surface area contributed by atoms with E-state index in [2.05, 4.69) is 20.5 Å². The minimum absolute atomic E-state index is 0.0706. The third-order valence-corrected chi connectivity index (χ3v) is 2.81. The molecule has 0 aliphatic heterocycles. The van der Waals surface area contributed by atoms with E-state index in [-0.39, 0.29) is 11.7 Å². The lowest BCUT2D eigenvalue weighted by Crippen LogP contribution is -2.49. The first-order valence-electron chi connectivity index (χ1n) is 5.06. The number of anilines is 1. The largest absolute Gasteiger partial charge is 0.357 e. The molecule has 1 atom stereocenters. The summed E-state index contributed by atoms with van der Waals surface area (Å²) in [7, 11) is 0. The first-order valence-corrected chi connectivity index (χ1v) is 5.06. The van der Waals surface area contributed by atoms with Crippen LogP contribution in [0.25, 0.3) is 0 Å². The van der Waals surface area contributed by atoms with E-state index in [1.807, 2.05) is 20.8 Å². The summed E-state index contributed by atoms with van der Waals surface area (Å²) in [5.74, 6) is 0.284. The number of nitrogens with two attached hydrogens (primary N) is 1. The van der Waals surface area contributed by atoms with E-state index in [9.17, 15) is 9.59 Å². The zero-order valence-electron chi connectivity index (χ0n) is 9.63. The van der Waals surface area contributed by atoms with Crippen LogP contribution < -0.4 is 22.3 Å². The molecule has 0 aliphatic rings. The van der Waals surface area contributed by atoms with Crippen LogP contribution in [0.5, 0.6) is 0 Å². The smallest absolute Gasteiger partial charge is 0.342 e. The monoisotopic (exact) mass is 227 g/mol. The lowest BCUT2D eigenvalue weighted by molar-refractivity contribution is 0.380. The Morgan fingerprint density at radius 2 is 2.12 bits per heavy atom. The van der Waals surface area contributed by atoms with Crippen molar-refractivity contribution in [1.29, 1.82) is 0 Å². The van der Waals surface area contributed by atoms with Gasteiger partial charge in [0.2, 0.25) is 5.82 Å². The van der Waals surface area contributed by atoms with Crippen molar-refractivity contribution >= 4 is 5.82 Å². The third kappa shape index (κ3) is 2.48. The van der Waals surface area contributed by atoms with Crippen molar-refractivity contribution in [3.63, 3.8) is 0 Å². The highest BCUT2D eigenvalue weighted by molar-refractivity contribution is 5.33. The van der Waals surface area contributed by atoms with E-state index < -0.39 is 16.8 Å². The molecule has 0 spiro atoms. The fourth-order valence-electron chi connectivity index (χ4n) is 1.13. The van der Waals surface area contributed by atoms with Gasteiger partial charge in [-0.05, 0) is 12.8 Å². The molecule has 7 nitrogen and oxygen atoms in total. The van der Waals surface area contributed by atoms with Crippen LogP contribution in [0.4, 0.5) is 5.82 Å². The number of rotatable bonds is 4. The molecule has 0 saturated heterocycles. The Kier molecular flexibility index (Phi) is 3.48.